The van der Waals surface area contributed by atoms with Crippen LogP contribution in [-0.2, 0) is 0 Å². The maximum atomic E-state index is 12.5. The zero-order valence-electron chi connectivity index (χ0n) is 8.95. The van der Waals surface area contributed by atoms with Crippen LogP contribution in [0.4, 0.5) is 22.0 Å². The fourth-order valence-electron chi connectivity index (χ4n) is 1.09. The van der Waals surface area contributed by atoms with Crippen molar-refractivity contribution >= 4 is 0 Å². The van der Waals surface area contributed by atoms with E-state index in [1.807, 2.05) is 0 Å². The molecular formula is C9H16F5NO. The summed E-state index contributed by atoms with van der Waals surface area (Å²) >= 11 is 0. The van der Waals surface area contributed by atoms with Crippen LogP contribution in [0.2, 0.25) is 0 Å². The van der Waals surface area contributed by atoms with Gasteiger partial charge in [0, 0.05) is 12.5 Å². The van der Waals surface area contributed by atoms with Crippen molar-refractivity contribution in [1.29, 1.82) is 0 Å². The molecule has 2 N–H and O–H groups in total. The van der Waals surface area contributed by atoms with Crippen LogP contribution < -0.4 is 5.32 Å². The van der Waals surface area contributed by atoms with Crippen LogP contribution in [0.3, 0.4) is 0 Å². The van der Waals surface area contributed by atoms with Crippen molar-refractivity contribution in [2.24, 2.45) is 0 Å². The highest BCUT2D eigenvalue weighted by molar-refractivity contribution is 4.71. The largest absolute Gasteiger partial charge is 0.390 e. The monoisotopic (exact) mass is 249 g/mol. The molecule has 0 fully saturated rings. The molecule has 98 valence electrons. The first kappa shape index (κ1) is 15.6. The first-order valence-electron chi connectivity index (χ1n) is 4.95. The average Bonchev–Trinajstić information content (AvgIpc) is 2.13. The van der Waals surface area contributed by atoms with Gasteiger partial charge in [0.2, 0.25) is 0 Å². The summed E-state index contributed by atoms with van der Waals surface area (Å²) in [5.74, 6) is -3.22. The molecule has 0 aliphatic rings. The lowest BCUT2D eigenvalue weighted by Gasteiger charge is -2.18. The van der Waals surface area contributed by atoms with Gasteiger partial charge in [0.05, 0.1) is 6.54 Å². The molecule has 16 heavy (non-hydrogen) atoms. The molecule has 0 saturated carbocycles. The molecule has 0 aromatic carbocycles. The Hall–Kier alpha value is -0.430. The molecule has 7 heteroatoms. The van der Waals surface area contributed by atoms with E-state index in [1.54, 1.807) is 0 Å². The third-order valence-corrected chi connectivity index (χ3v) is 2.04. The molecule has 0 bridgehead atoms. The summed E-state index contributed by atoms with van der Waals surface area (Å²) in [4.78, 5) is 0. The number of aliphatic hydroxyl groups excluding tert-OH is 1. The van der Waals surface area contributed by atoms with Crippen LogP contribution in [0.15, 0.2) is 0 Å². The van der Waals surface area contributed by atoms with Crippen LogP contribution in [0, 0.1) is 0 Å². The molecule has 0 spiro atoms. The Morgan fingerprint density at radius 1 is 1.19 bits per heavy atom. The highest BCUT2D eigenvalue weighted by Gasteiger charge is 2.29. The zero-order chi connectivity index (χ0) is 12.8. The Labute approximate surface area is 90.8 Å². The predicted octanol–water partition coefficient (Wildman–Crippen LogP) is 2.32. The molecule has 0 aromatic rings. The molecule has 0 amide bonds. The van der Waals surface area contributed by atoms with E-state index in [-0.39, 0.29) is 12.8 Å². The molecule has 0 heterocycles. The Morgan fingerprint density at radius 3 is 2.19 bits per heavy atom. The van der Waals surface area contributed by atoms with Crippen LogP contribution in [0.5, 0.6) is 0 Å². The van der Waals surface area contributed by atoms with E-state index in [2.05, 4.69) is 5.32 Å². The van der Waals surface area contributed by atoms with Gasteiger partial charge in [-0.05, 0) is 19.8 Å². The molecule has 0 aliphatic heterocycles. The number of hydrogen-bond acceptors (Lipinski definition) is 2. The van der Waals surface area contributed by atoms with Gasteiger partial charge in [0.15, 0.2) is 0 Å². The number of nitrogens with one attached hydrogen (secondary N) is 1. The minimum absolute atomic E-state index is 0.0949. The van der Waals surface area contributed by atoms with E-state index < -0.39 is 37.7 Å². The summed E-state index contributed by atoms with van der Waals surface area (Å²) in [7, 11) is 0. The van der Waals surface area contributed by atoms with Crippen molar-refractivity contribution in [2.45, 2.75) is 44.3 Å². The Balaban J connectivity index is 3.64. The maximum absolute atomic E-state index is 12.5. The summed E-state index contributed by atoms with van der Waals surface area (Å²) in [6, 6.07) is -0.431. The fourth-order valence-corrected chi connectivity index (χ4v) is 1.09. The van der Waals surface area contributed by atoms with Gasteiger partial charge in [-0.15, -0.1) is 0 Å². The second-order valence-corrected chi connectivity index (χ2v) is 3.80. The van der Waals surface area contributed by atoms with Crippen LogP contribution in [0.1, 0.15) is 26.2 Å². The second kappa shape index (κ2) is 6.34. The van der Waals surface area contributed by atoms with Crippen molar-refractivity contribution in [3.63, 3.8) is 0 Å². The topological polar surface area (TPSA) is 32.3 Å². The quantitative estimate of drug-likeness (QED) is 0.679. The molecule has 0 aliphatic carbocycles. The molecule has 2 nitrogen and oxygen atoms in total. The lowest BCUT2D eigenvalue weighted by molar-refractivity contribution is -0.135. The predicted molar refractivity (Wildman–Crippen MR) is 49.4 cm³/mol. The SMILES string of the molecule is CC(CCCC(F)(F)F)NCC(F)(F)CO. The van der Waals surface area contributed by atoms with Crippen molar-refractivity contribution < 1.29 is 27.1 Å². The lowest BCUT2D eigenvalue weighted by Crippen LogP contribution is -2.40. The van der Waals surface area contributed by atoms with Crippen molar-refractivity contribution in [3.8, 4) is 0 Å². The van der Waals surface area contributed by atoms with Crippen LogP contribution >= 0.6 is 0 Å². The van der Waals surface area contributed by atoms with Crippen molar-refractivity contribution in [3.05, 3.63) is 0 Å². The first-order valence-corrected chi connectivity index (χ1v) is 4.95. The highest BCUT2D eigenvalue weighted by atomic mass is 19.4. The lowest BCUT2D eigenvalue weighted by atomic mass is 10.1. The van der Waals surface area contributed by atoms with E-state index >= 15 is 0 Å². The molecule has 0 radical (unpaired) electrons. The fraction of sp³-hybridized carbons (Fsp3) is 1.00. The van der Waals surface area contributed by atoms with Crippen LogP contribution in [-0.4, -0.2) is 36.4 Å². The van der Waals surface area contributed by atoms with Crippen LogP contribution in [0.25, 0.3) is 0 Å². The Bertz CT molecular complexity index is 195. The Kier molecular flexibility index (Phi) is 6.17. The van der Waals surface area contributed by atoms with Gasteiger partial charge in [-0.1, -0.05) is 0 Å². The van der Waals surface area contributed by atoms with E-state index in [4.69, 9.17) is 5.11 Å². The second-order valence-electron chi connectivity index (χ2n) is 3.80. The molecule has 0 rings (SSSR count). The number of hydrogen-bond donors (Lipinski definition) is 2. The molecule has 1 atom stereocenters. The Morgan fingerprint density at radius 2 is 1.75 bits per heavy atom. The van der Waals surface area contributed by atoms with Gasteiger partial charge in [-0.25, -0.2) is 8.78 Å². The summed E-state index contributed by atoms with van der Waals surface area (Å²) < 4.78 is 60.4. The zero-order valence-corrected chi connectivity index (χ0v) is 8.95. The highest BCUT2D eigenvalue weighted by Crippen LogP contribution is 2.22. The number of alkyl halides is 5. The maximum Gasteiger partial charge on any atom is 0.389 e. The summed E-state index contributed by atoms with van der Waals surface area (Å²) in [5, 5.41) is 10.6. The van der Waals surface area contributed by atoms with Crippen molar-refractivity contribution in [1.82, 2.24) is 5.32 Å². The standard InChI is InChI=1S/C9H16F5NO/c1-7(3-2-4-9(12,13)14)15-5-8(10,11)6-16/h7,15-16H,2-6H2,1H3. The third kappa shape index (κ3) is 8.84. The van der Waals surface area contributed by atoms with Crippen molar-refractivity contribution in [2.75, 3.05) is 13.2 Å². The number of aliphatic hydroxyl groups is 1. The minimum atomic E-state index is -4.20. The number of halogens is 5. The molecule has 0 saturated heterocycles. The van der Waals surface area contributed by atoms with Gasteiger partial charge < -0.3 is 10.4 Å². The van der Waals surface area contributed by atoms with Gasteiger partial charge in [-0.3, -0.25) is 0 Å². The van der Waals surface area contributed by atoms with Gasteiger partial charge in [0.25, 0.3) is 5.92 Å². The van der Waals surface area contributed by atoms with E-state index in [9.17, 15) is 22.0 Å². The first-order chi connectivity index (χ1) is 7.16. The van der Waals surface area contributed by atoms with Gasteiger partial charge in [-0.2, -0.15) is 13.2 Å². The van der Waals surface area contributed by atoms with Gasteiger partial charge >= 0.3 is 6.18 Å². The smallest absolute Gasteiger partial charge is 0.389 e. The van der Waals surface area contributed by atoms with E-state index in [0.29, 0.717) is 0 Å². The average molecular weight is 249 g/mol. The van der Waals surface area contributed by atoms with Gasteiger partial charge in [0.1, 0.15) is 6.61 Å². The summed E-state index contributed by atoms with van der Waals surface area (Å²) in [6.07, 6.45) is -5.03. The third-order valence-electron chi connectivity index (χ3n) is 2.04. The van der Waals surface area contributed by atoms with E-state index in [1.165, 1.54) is 6.92 Å². The summed E-state index contributed by atoms with van der Waals surface area (Å²) in [5.41, 5.74) is 0. The normalized spacial score (nSPS) is 15.2. The molecule has 0 aromatic heterocycles. The van der Waals surface area contributed by atoms with E-state index in [0.717, 1.165) is 0 Å². The minimum Gasteiger partial charge on any atom is -0.390 e. The molecular weight excluding hydrogens is 233 g/mol. The number of rotatable bonds is 7. The molecule has 1 unspecified atom stereocenters. The summed E-state index contributed by atoms with van der Waals surface area (Å²) in [6.45, 7) is -0.463.